The lowest BCUT2D eigenvalue weighted by Gasteiger charge is -2.15. The Balaban J connectivity index is 1.76. The average Bonchev–Trinajstić information content (AvgIpc) is 2.55. The molecule has 0 saturated carbocycles. The van der Waals surface area contributed by atoms with Gasteiger partial charge in [-0.05, 0) is 36.8 Å². The zero-order valence-electron chi connectivity index (χ0n) is 12.6. The maximum atomic E-state index is 11.9. The number of hydrogen-bond donors (Lipinski definition) is 2. The van der Waals surface area contributed by atoms with Crippen molar-refractivity contribution in [2.75, 3.05) is 0 Å². The van der Waals surface area contributed by atoms with E-state index in [0.717, 1.165) is 5.56 Å². The van der Waals surface area contributed by atoms with Crippen molar-refractivity contribution in [1.82, 2.24) is 10.9 Å². The van der Waals surface area contributed by atoms with Gasteiger partial charge >= 0.3 is 0 Å². The van der Waals surface area contributed by atoms with Gasteiger partial charge in [0.2, 0.25) is 5.91 Å². The first-order chi connectivity index (χ1) is 11.0. The summed E-state index contributed by atoms with van der Waals surface area (Å²) in [5, 5.41) is 0.606. The fraction of sp³-hybridized carbons (Fsp3) is 0.176. The summed E-state index contributed by atoms with van der Waals surface area (Å²) in [6, 6.07) is 15.9. The number of nitrogens with one attached hydrogen (secondary N) is 2. The maximum absolute atomic E-state index is 11.9. The minimum absolute atomic E-state index is 0.144. The van der Waals surface area contributed by atoms with Crippen LogP contribution < -0.4 is 15.6 Å². The summed E-state index contributed by atoms with van der Waals surface area (Å²) in [6.07, 6.45) is -0.584. The Hall–Kier alpha value is -2.53. The highest BCUT2D eigenvalue weighted by molar-refractivity contribution is 6.30. The highest BCUT2D eigenvalue weighted by Crippen LogP contribution is 2.11. The number of hydrogen-bond acceptors (Lipinski definition) is 3. The second-order valence-electron chi connectivity index (χ2n) is 4.91. The van der Waals surface area contributed by atoms with E-state index in [1.165, 1.54) is 0 Å². The van der Waals surface area contributed by atoms with Crippen LogP contribution in [0.2, 0.25) is 5.02 Å². The lowest BCUT2D eigenvalue weighted by Crippen LogP contribution is -2.47. The third-order valence-corrected chi connectivity index (χ3v) is 3.28. The zero-order chi connectivity index (χ0) is 16.7. The molecule has 1 unspecified atom stereocenters. The molecule has 2 N–H and O–H groups in total. The molecule has 2 rings (SSSR count). The van der Waals surface area contributed by atoms with Gasteiger partial charge in [-0.25, -0.2) is 0 Å². The Kier molecular flexibility index (Phi) is 6.00. The van der Waals surface area contributed by atoms with Crippen molar-refractivity contribution in [2.45, 2.75) is 19.4 Å². The highest BCUT2D eigenvalue weighted by atomic mass is 35.5. The van der Waals surface area contributed by atoms with Gasteiger partial charge in [-0.3, -0.25) is 20.4 Å². The van der Waals surface area contributed by atoms with Gasteiger partial charge in [0, 0.05) is 5.02 Å². The number of amides is 2. The summed E-state index contributed by atoms with van der Waals surface area (Å²) in [5.74, 6) is -0.173. The van der Waals surface area contributed by atoms with Gasteiger partial charge in [-0.15, -0.1) is 0 Å². The third-order valence-electron chi connectivity index (χ3n) is 3.03. The first-order valence-electron chi connectivity index (χ1n) is 7.09. The second-order valence-corrected chi connectivity index (χ2v) is 5.35. The molecule has 0 aromatic heterocycles. The van der Waals surface area contributed by atoms with Crippen molar-refractivity contribution < 1.29 is 14.3 Å². The van der Waals surface area contributed by atoms with Gasteiger partial charge in [-0.2, -0.15) is 0 Å². The summed E-state index contributed by atoms with van der Waals surface area (Å²) in [5.41, 5.74) is 5.51. The van der Waals surface area contributed by atoms with Gasteiger partial charge in [0.1, 0.15) is 5.75 Å². The molecule has 0 saturated heterocycles. The van der Waals surface area contributed by atoms with Crippen molar-refractivity contribution in [1.29, 1.82) is 0 Å². The summed E-state index contributed by atoms with van der Waals surface area (Å²) in [6.45, 7) is 1.60. The van der Waals surface area contributed by atoms with Crippen LogP contribution in [0.4, 0.5) is 0 Å². The summed E-state index contributed by atoms with van der Waals surface area (Å²) < 4.78 is 5.46. The molecule has 0 bridgehead atoms. The number of para-hydroxylation sites is 1. The van der Waals surface area contributed by atoms with Crippen molar-refractivity contribution in [3.05, 3.63) is 65.2 Å². The topological polar surface area (TPSA) is 67.4 Å². The van der Waals surface area contributed by atoms with E-state index in [4.69, 9.17) is 16.3 Å². The Morgan fingerprint density at radius 2 is 1.70 bits per heavy atom. The monoisotopic (exact) mass is 332 g/mol. The first kappa shape index (κ1) is 16.8. The predicted molar refractivity (Wildman–Crippen MR) is 88.0 cm³/mol. The van der Waals surface area contributed by atoms with Crippen LogP contribution in [-0.2, 0) is 16.0 Å². The molecule has 2 amide bonds. The highest BCUT2D eigenvalue weighted by Gasteiger charge is 2.15. The van der Waals surface area contributed by atoms with Gasteiger partial charge in [-0.1, -0.05) is 41.9 Å². The molecule has 2 aromatic carbocycles. The smallest absolute Gasteiger partial charge is 0.279 e. The Bertz CT molecular complexity index is 659. The van der Waals surface area contributed by atoms with E-state index in [1.807, 2.05) is 18.2 Å². The molecule has 0 heterocycles. The number of carbonyl (C=O) groups excluding carboxylic acids is 2. The van der Waals surface area contributed by atoms with Crippen LogP contribution in [0.25, 0.3) is 0 Å². The van der Waals surface area contributed by atoms with Gasteiger partial charge < -0.3 is 4.74 Å². The number of halogens is 1. The van der Waals surface area contributed by atoms with Crippen molar-refractivity contribution in [3.8, 4) is 5.75 Å². The molecule has 0 radical (unpaired) electrons. The second kappa shape index (κ2) is 8.19. The Morgan fingerprint density at radius 3 is 2.35 bits per heavy atom. The SMILES string of the molecule is CC(Oc1ccccc1)C(=O)NNC(=O)Cc1ccc(Cl)cc1. The normalized spacial score (nSPS) is 11.4. The Labute approximate surface area is 139 Å². The number of benzene rings is 2. The fourth-order valence-corrected chi connectivity index (χ4v) is 1.95. The molecule has 0 aliphatic heterocycles. The third kappa shape index (κ3) is 5.64. The molecule has 0 spiro atoms. The average molecular weight is 333 g/mol. The van der Waals surface area contributed by atoms with Crippen LogP contribution in [0.3, 0.4) is 0 Å². The molecule has 0 aliphatic rings. The van der Waals surface area contributed by atoms with Crippen LogP contribution in [0.1, 0.15) is 12.5 Å². The lowest BCUT2D eigenvalue weighted by atomic mass is 10.1. The number of rotatable bonds is 5. The minimum Gasteiger partial charge on any atom is -0.481 e. The van der Waals surface area contributed by atoms with Crippen LogP contribution in [0, 0.1) is 0 Å². The van der Waals surface area contributed by atoms with E-state index in [9.17, 15) is 9.59 Å². The van der Waals surface area contributed by atoms with Gasteiger partial charge in [0.15, 0.2) is 6.10 Å². The standard InChI is InChI=1S/C17H17ClN2O3/c1-12(23-15-5-3-2-4-6-15)17(22)20-19-16(21)11-13-7-9-14(18)10-8-13/h2-10,12H,11H2,1H3,(H,19,21)(H,20,22). The molecule has 0 fully saturated rings. The van der Waals surface area contributed by atoms with Gasteiger partial charge in [0.25, 0.3) is 5.91 Å². The van der Waals surface area contributed by atoms with E-state index in [2.05, 4.69) is 10.9 Å². The van der Waals surface area contributed by atoms with Crippen molar-refractivity contribution in [3.63, 3.8) is 0 Å². The number of hydrazine groups is 1. The van der Waals surface area contributed by atoms with E-state index in [-0.39, 0.29) is 12.3 Å². The van der Waals surface area contributed by atoms with Crippen LogP contribution in [0.5, 0.6) is 5.75 Å². The molecule has 0 aliphatic carbocycles. The van der Waals surface area contributed by atoms with Crippen LogP contribution in [-0.4, -0.2) is 17.9 Å². The molecule has 6 heteroatoms. The van der Waals surface area contributed by atoms with E-state index in [1.54, 1.807) is 43.3 Å². The quantitative estimate of drug-likeness (QED) is 0.827. The largest absolute Gasteiger partial charge is 0.481 e. The molecular formula is C17H17ClN2O3. The van der Waals surface area contributed by atoms with Crippen LogP contribution in [0.15, 0.2) is 54.6 Å². The van der Waals surface area contributed by atoms with E-state index < -0.39 is 12.0 Å². The lowest BCUT2D eigenvalue weighted by molar-refractivity contribution is -0.132. The number of carbonyl (C=O) groups is 2. The van der Waals surface area contributed by atoms with Crippen molar-refractivity contribution >= 4 is 23.4 Å². The molecule has 5 nitrogen and oxygen atoms in total. The summed E-state index contributed by atoms with van der Waals surface area (Å²) >= 11 is 5.78. The maximum Gasteiger partial charge on any atom is 0.279 e. The fourth-order valence-electron chi connectivity index (χ4n) is 1.82. The van der Waals surface area contributed by atoms with Gasteiger partial charge in [0.05, 0.1) is 6.42 Å². The molecule has 1 atom stereocenters. The predicted octanol–water partition coefficient (Wildman–Crippen LogP) is 2.50. The Morgan fingerprint density at radius 1 is 1.04 bits per heavy atom. The van der Waals surface area contributed by atoms with Crippen LogP contribution >= 0.6 is 11.6 Å². The minimum atomic E-state index is -0.728. The van der Waals surface area contributed by atoms with E-state index in [0.29, 0.717) is 10.8 Å². The van der Waals surface area contributed by atoms with E-state index >= 15 is 0 Å². The number of ether oxygens (including phenoxy) is 1. The molecule has 23 heavy (non-hydrogen) atoms. The molecule has 2 aromatic rings. The zero-order valence-corrected chi connectivity index (χ0v) is 13.3. The summed E-state index contributed by atoms with van der Waals surface area (Å²) in [4.78, 5) is 23.7. The first-order valence-corrected chi connectivity index (χ1v) is 7.47. The molecular weight excluding hydrogens is 316 g/mol. The van der Waals surface area contributed by atoms with Crippen molar-refractivity contribution in [2.24, 2.45) is 0 Å². The summed E-state index contributed by atoms with van der Waals surface area (Å²) in [7, 11) is 0. The molecule has 120 valence electrons.